The van der Waals surface area contributed by atoms with Crippen LogP contribution in [0.15, 0.2) is 60.3 Å². The molecule has 5 nitrogen and oxygen atoms in total. The van der Waals surface area contributed by atoms with E-state index >= 15 is 0 Å². The molecule has 0 saturated carbocycles. The van der Waals surface area contributed by atoms with Crippen LogP contribution >= 0.6 is 0 Å². The van der Waals surface area contributed by atoms with Gasteiger partial charge in [0, 0.05) is 24.7 Å². The fourth-order valence-corrected chi connectivity index (χ4v) is 3.41. The SMILES string of the molecule is COc1ccc(CNC(=O)c2ccccc2NC2=CC(=O)CC(C)(C)C2)cc1. The maximum absolute atomic E-state index is 12.7. The molecule has 0 radical (unpaired) electrons. The van der Waals surface area contributed by atoms with Gasteiger partial charge in [-0.1, -0.05) is 38.1 Å². The number of hydrogen-bond donors (Lipinski definition) is 2. The molecule has 0 aromatic heterocycles. The Morgan fingerprint density at radius 2 is 1.79 bits per heavy atom. The first-order valence-electron chi connectivity index (χ1n) is 9.37. The summed E-state index contributed by atoms with van der Waals surface area (Å²) in [6.45, 7) is 4.57. The summed E-state index contributed by atoms with van der Waals surface area (Å²) in [5.74, 6) is 0.726. The summed E-state index contributed by atoms with van der Waals surface area (Å²) in [5, 5.41) is 6.24. The van der Waals surface area contributed by atoms with Gasteiger partial charge in [-0.25, -0.2) is 0 Å². The van der Waals surface area contributed by atoms with E-state index in [0.717, 1.165) is 23.4 Å². The van der Waals surface area contributed by atoms with E-state index in [1.54, 1.807) is 19.3 Å². The van der Waals surface area contributed by atoms with E-state index in [9.17, 15) is 9.59 Å². The maximum Gasteiger partial charge on any atom is 0.253 e. The highest BCUT2D eigenvalue weighted by Gasteiger charge is 2.28. The van der Waals surface area contributed by atoms with Crippen LogP contribution < -0.4 is 15.4 Å². The lowest BCUT2D eigenvalue weighted by Gasteiger charge is -2.29. The van der Waals surface area contributed by atoms with Gasteiger partial charge in [0.05, 0.1) is 18.4 Å². The molecule has 3 rings (SSSR count). The first kappa shape index (κ1) is 19.7. The Labute approximate surface area is 165 Å². The van der Waals surface area contributed by atoms with Crippen LogP contribution in [0.2, 0.25) is 0 Å². The smallest absolute Gasteiger partial charge is 0.253 e. The predicted molar refractivity (Wildman–Crippen MR) is 110 cm³/mol. The molecule has 5 heteroatoms. The fraction of sp³-hybridized carbons (Fsp3) is 0.304. The topological polar surface area (TPSA) is 67.4 Å². The highest BCUT2D eigenvalue weighted by molar-refractivity contribution is 6.00. The molecular weight excluding hydrogens is 352 g/mol. The molecule has 2 aromatic rings. The van der Waals surface area contributed by atoms with E-state index in [0.29, 0.717) is 24.2 Å². The normalized spacial score (nSPS) is 15.5. The van der Waals surface area contributed by atoms with Crippen LogP contribution in [0, 0.1) is 5.41 Å². The molecule has 2 aromatic carbocycles. The Kier molecular flexibility index (Phi) is 5.83. The number of allylic oxidation sites excluding steroid dienone is 2. The number of para-hydroxylation sites is 1. The molecule has 0 bridgehead atoms. The Hall–Kier alpha value is -3.08. The van der Waals surface area contributed by atoms with Crippen molar-refractivity contribution in [1.29, 1.82) is 0 Å². The highest BCUT2D eigenvalue weighted by atomic mass is 16.5. The highest BCUT2D eigenvalue weighted by Crippen LogP contribution is 2.34. The number of ether oxygens (including phenoxy) is 1. The first-order valence-corrected chi connectivity index (χ1v) is 9.37. The van der Waals surface area contributed by atoms with Crippen molar-refractivity contribution in [1.82, 2.24) is 5.32 Å². The molecule has 0 spiro atoms. The molecule has 0 unspecified atom stereocenters. The molecular formula is C23H26N2O3. The summed E-state index contributed by atoms with van der Waals surface area (Å²) in [7, 11) is 1.62. The molecule has 146 valence electrons. The standard InChI is InChI=1S/C23H26N2O3/c1-23(2)13-17(12-18(26)14-23)25-21-7-5-4-6-20(21)22(27)24-15-16-8-10-19(28-3)11-9-16/h4-12,25H,13-15H2,1-3H3,(H,24,27). The zero-order valence-corrected chi connectivity index (χ0v) is 16.5. The number of amides is 1. The minimum atomic E-state index is -0.166. The minimum Gasteiger partial charge on any atom is -0.497 e. The van der Waals surface area contributed by atoms with Crippen LogP contribution in [0.1, 0.15) is 42.6 Å². The molecule has 1 aliphatic rings. The average Bonchev–Trinajstić information content (AvgIpc) is 2.65. The summed E-state index contributed by atoms with van der Waals surface area (Å²) in [6.07, 6.45) is 2.96. The maximum atomic E-state index is 12.7. The van der Waals surface area contributed by atoms with Gasteiger partial charge in [0.2, 0.25) is 0 Å². The Balaban J connectivity index is 1.70. The number of nitrogens with one attached hydrogen (secondary N) is 2. The van der Waals surface area contributed by atoms with Crippen molar-refractivity contribution >= 4 is 17.4 Å². The number of carbonyl (C=O) groups excluding carboxylic acids is 2. The first-order chi connectivity index (χ1) is 13.4. The van der Waals surface area contributed by atoms with Crippen molar-refractivity contribution in [2.45, 2.75) is 33.2 Å². The summed E-state index contributed by atoms with van der Waals surface area (Å²) < 4.78 is 5.15. The lowest BCUT2D eigenvalue weighted by atomic mass is 9.79. The van der Waals surface area contributed by atoms with Gasteiger partial charge in [-0.3, -0.25) is 9.59 Å². The summed E-state index contributed by atoms with van der Waals surface area (Å²) in [6, 6.07) is 14.9. The molecule has 1 aliphatic carbocycles. The molecule has 1 amide bonds. The van der Waals surface area contributed by atoms with E-state index in [-0.39, 0.29) is 17.1 Å². The number of rotatable bonds is 6. The third kappa shape index (κ3) is 5.00. The van der Waals surface area contributed by atoms with Gasteiger partial charge >= 0.3 is 0 Å². The van der Waals surface area contributed by atoms with Gasteiger partial charge in [0.15, 0.2) is 5.78 Å². The van der Waals surface area contributed by atoms with Gasteiger partial charge in [0.25, 0.3) is 5.91 Å². The molecule has 0 saturated heterocycles. The molecule has 2 N–H and O–H groups in total. The fourth-order valence-electron chi connectivity index (χ4n) is 3.41. The van der Waals surface area contributed by atoms with Gasteiger partial charge in [0.1, 0.15) is 5.75 Å². The lowest BCUT2D eigenvalue weighted by Crippen LogP contribution is -2.26. The molecule has 28 heavy (non-hydrogen) atoms. The van der Waals surface area contributed by atoms with Crippen molar-refractivity contribution < 1.29 is 14.3 Å². The molecule has 0 atom stereocenters. The molecule has 0 heterocycles. The van der Waals surface area contributed by atoms with Gasteiger partial charge in [-0.15, -0.1) is 0 Å². The van der Waals surface area contributed by atoms with Crippen molar-refractivity contribution in [2.75, 3.05) is 12.4 Å². The zero-order valence-electron chi connectivity index (χ0n) is 16.5. The van der Waals surface area contributed by atoms with E-state index in [4.69, 9.17) is 4.74 Å². The average molecular weight is 378 g/mol. The second kappa shape index (κ2) is 8.30. The third-order valence-electron chi connectivity index (χ3n) is 4.74. The third-order valence-corrected chi connectivity index (χ3v) is 4.74. The molecule has 0 fully saturated rings. The minimum absolute atomic E-state index is 0.0836. The Morgan fingerprint density at radius 1 is 1.07 bits per heavy atom. The van der Waals surface area contributed by atoms with Gasteiger partial charge in [-0.05, 0) is 41.7 Å². The van der Waals surface area contributed by atoms with Crippen LogP contribution in [0.4, 0.5) is 5.69 Å². The van der Waals surface area contributed by atoms with E-state index in [1.807, 2.05) is 42.5 Å². The number of methoxy groups -OCH3 is 1. The number of ketones is 1. The van der Waals surface area contributed by atoms with Crippen LogP contribution in [0.5, 0.6) is 5.75 Å². The number of carbonyl (C=O) groups is 2. The van der Waals surface area contributed by atoms with Crippen LogP contribution in [-0.2, 0) is 11.3 Å². The predicted octanol–water partition coefficient (Wildman–Crippen LogP) is 4.31. The van der Waals surface area contributed by atoms with Crippen molar-refractivity contribution in [3.8, 4) is 5.75 Å². The Morgan fingerprint density at radius 3 is 2.46 bits per heavy atom. The largest absolute Gasteiger partial charge is 0.497 e. The van der Waals surface area contributed by atoms with Crippen molar-refractivity contribution in [3.05, 3.63) is 71.4 Å². The zero-order chi connectivity index (χ0) is 20.1. The van der Waals surface area contributed by atoms with Crippen LogP contribution in [0.25, 0.3) is 0 Å². The van der Waals surface area contributed by atoms with Crippen molar-refractivity contribution in [3.63, 3.8) is 0 Å². The monoisotopic (exact) mass is 378 g/mol. The number of anilines is 1. The van der Waals surface area contributed by atoms with Crippen LogP contribution in [0.3, 0.4) is 0 Å². The van der Waals surface area contributed by atoms with E-state index in [2.05, 4.69) is 24.5 Å². The second-order valence-electron chi connectivity index (χ2n) is 7.85. The summed E-state index contributed by atoms with van der Waals surface area (Å²) >= 11 is 0. The van der Waals surface area contributed by atoms with Crippen molar-refractivity contribution in [2.24, 2.45) is 5.41 Å². The second-order valence-corrected chi connectivity index (χ2v) is 7.85. The number of benzene rings is 2. The lowest BCUT2D eigenvalue weighted by molar-refractivity contribution is -0.117. The number of hydrogen-bond acceptors (Lipinski definition) is 4. The molecule has 0 aliphatic heterocycles. The quantitative estimate of drug-likeness (QED) is 0.786. The van der Waals surface area contributed by atoms with E-state index in [1.165, 1.54) is 0 Å². The summed E-state index contributed by atoms with van der Waals surface area (Å²) in [5.41, 5.74) is 3.00. The van der Waals surface area contributed by atoms with Gasteiger partial charge < -0.3 is 15.4 Å². The van der Waals surface area contributed by atoms with E-state index < -0.39 is 0 Å². The van der Waals surface area contributed by atoms with Gasteiger partial charge in [-0.2, -0.15) is 0 Å². The Bertz CT molecular complexity index is 898. The summed E-state index contributed by atoms with van der Waals surface area (Å²) in [4.78, 5) is 24.7. The van der Waals surface area contributed by atoms with Crippen LogP contribution in [-0.4, -0.2) is 18.8 Å².